The number of carbonyl (C=O) groups excluding carboxylic acids is 2. The average molecular weight is 461 g/mol. The Kier molecular flexibility index (Phi) is 4.34. The molecule has 1 aliphatic heterocycles. The maximum atomic E-state index is 15.5. The predicted octanol–water partition coefficient (Wildman–Crippen LogP) is 5.45. The van der Waals surface area contributed by atoms with Gasteiger partial charge in [-0.05, 0) is 36.1 Å². The molecule has 1 heterocycles. The van der Waals surface area contributed by atoms with Crippen molar-refractivity contribution in [3.05, 3.63) is 52.3 Å². The number of amides is 2. The molecule has 2 aromatic rings. The van der Waals surface area contributed by atoms with Gasteiger partial charge < -0.3 is 15.0 Å². The topological polar surface area (TPSA) is 58.6 Å². The van der Waals surface area contributed by atoms with Gasteiger partial charge in [-0.2, -0.15) is 0 Å². The van der Waals surface area contributed by atoms with Crippen LogP contribution < -0.4 is 15.0 Å². The minimum absolute atomic E-state index is 0.0634. The van der Waals surface area contributed by atoms with Crippen LogP contribution in [0, 0.1) is 22.9 Å². The van der Waals surface area contributed by atoms with E-state index in [0.717, 1.165) is 30.0 Å². The smallest absolute Gasteiger partial charge is 0.268 e. The van der Waals surface area contributed by atoms with Crippen molar-refractivity contribution >= 4 is 34.8 Å². The highest BCUT2D eigenvalue weighted by molar-refractivity contribution is 6.34. The number of hydrogen-bond donors (Lipinski definition) is 1. The number of fused-ring (bicyclic) bond motifs is 1. The molecule has 3 rings (SSSR count). The minimum atomic E-state index is -3.05. The summed E-state index contributed by atoms with van der Waals surface area (Å²) in [5, 5.41) is 1.68. The first kappa shape index (κ1) is 16.0. The summed E-state index contributed by atoms with van der Waals surface area (Å²) in [5.74, 6) is -5.27. The maximum absolute atomic E-state index is 15.5. The van der Waals surface area contributed by atoms with E-state index in [0.29, 0.717) is 6.07 Å². The molecule has 0 aliphatic carbocycles. The van der Waals surface area contributed by atoms with E-state index in [1.54, 1.807) is 0 Å². The number of benzene rings is 2. The summed E-state index contributed by atoms with van der Waals surface area (Å²) in [6.45, 7) is -4.24. The van der Waals surface area contributed by atoms with E-state index in [1.807, 2.05) is 0 Å². The molecule has 1 atom stereocenters. The Balaban J connectivity index is 1.98. The first-order valence-electron chi connectivity index (χ1n) is 12.1. The summed E-state index contributed by atoms with van der Waals surface area (Å²) in [6, 6.07) is 3.73. The fourth-order valence-electron chi connectivity index (χ4n) is 3.13. The number of carbonyl (C=O) groups is 2. The lowest BCUT2D eigenvalue weighted by molar-refractivity contribution is -0.125. The molecule has 0 saturated heterocycles. The van der Waals surface area contributed by atoms with Crippen LogP contribution in [0.3, 0.4) is 0 Å². The van der Waals surface area contributed by atoms with Crippen LogP contribution in [0.15, 0.2) is 24.3 Å². The lowest BCUT2D eigenvalue weighted by atomic mass is 9.92. The molecule has 0 spiro atoms. The zero-order valence-corrected chi connectivity index (χ0v) is 17.2. The first-order valence-corrected chi connectivity index (χ1v) is 9.48. The Bertz CT molecular complexity index is 1220. The van der Waals surface area contributed by atoms with Gasteiger partial charge in [0.05, 0.1) is 22.9 Å². The highest BCUT2D eigenvalue weighted by atomic mass is 35.5. The Morgan fingerprint density at radius 1 is 1.26 bits per heavy atom. The molecule has 0 aromatic heterocycles. The van der Waals surface area contributed by atoms with Crippen LogP contribution >= 0.6 is 11.6 Å². The molecule has 0 bridgehead atoms. The monoisotopic (exact) mass is 460 g/mol. The van der Waals surface area contributed by atoms with Gasteiger partial charge in [-0.1, -0.05) is 32.2 Å². The fourth-order valence-corrected chi connectivity index (χ4v) is 3.37. The van der Waals surface area contributed by atoms with Crippen LogP contribution in [0.1, 0.15) is 47.8 Å². The van der Waals surface area contributed by atoms with E-state index in [-0.39, 0.29) is 17.8 Å². The molecule has 166 valence electrons. The second-order valence-corrected chi connectivity index (χ2v) is 7.82. The van der Waals surface area contributed by atoms with Gasteiger partial charge in [0, 0.05) is 20.7 Å². The van der Waals surface area contributed by atoms with Crippen LogP contribution in [-0.2, 0) is 16.1 Å². The second kappa shape index (κ2) is 8.42. The number of rotatable bonds is 4. The predicted molar refractivity (Wildman–Crippen MR) is 112 cm³/mol. The third-order valence-electron chi connectivity index (χ3n) is 4.39. The molecule has 31 heavy (non-hydrogen) atoms. The van der Waals surface area contributed by atoms with Crippen molar-refractivity contribution in [2.45, 2.75) is 46.6 Å². The SMILES string of the molecule is [2H]C([2H])([2H])C(C)(CC(=O)Nc1c(Cl)cc2c(c1F)OC(C)C(=O)N2Cc1cc(F)cc(F)c1)C([2H])([2H])[2H]. The van der Waals surface area contributed by atoms with Gasteiger partial charge in [0.2, 0.25) is 5.91 Å². The summed E-state index contributed by atoms with van der Waals surface area (Å²) in [7, 11) is 0. The molecule has 5 nitrogen and oxygen atoms in total. The lowest BCUT2D eigenvalue weighted by Crippen LogP contribution is -2.44. The standard InChI is InChI=1S/C22H22ClF3N2O3/c1-11-21(30)28(10-12-5-13(24)7-14(25)6-12)16-8-15(23)19(18(26)20(16)31-11)27-17(29)9-22(2,3)4/h5-8,11H,9-10H2,1-4H3,(H,27,29)/i2D3,3D3. The summed E-state index contributed by atoms with van der Waals surface area (Å²) in [5.41, 5.74) is -3.19. The largest absolute Gasteiger partial charge is 0.476 e. The molecule has 1 aliphatic rings. The molecule has 0 saturated carbocycles. The van der Waals surface area contributed by atoms with Crippen molar-refractivity contribution in [1.82, 2.24) is 0 Å². The number of hydrogen-bond acceptors (Lipinski definition) is 3. The van der Waals surface area contributed by atoms with E-state index in [9.17, 15) is 18.4 Å². The van der Waals surface area contributed by atoms with Crippen LogP contribution in [0.5, 0.6) is 5.75 Å². The number of ether oxygens (including phenoxy) is 1. The van der Waals surface area contributed by atoms with Gasteiger partial charge in [0.1, 0.15) is 11.6 Å². The molecule has 0 fully saturated rings. The third kappa shape index (κ3) is 5.12. The van der Waals surface area contributed by atoms with E-state index < -0.39 is 77.4 Å². The van der Waals surface area contributed by atoms with E-state index in [4.69, 9.17) is 24.6 Å². The molecule has 1 unspecified atom stereocenters. The van der Waals surface area contributed by atoms with Gasteiger partial charge >= 0.3 is 0 Å². The number of nitrogens with zero attached hydrogens (tertiary/aromatic N) is 1. The Hall–Kier alpha value is -2.74. The number of nitrogens with one attached hydrogen (secondary N) is 1. The number of anilines is 2. The minimum Gasteiger partial charge on any atom is -0.476 e. The summed E-state index contributed by atoms with van der Waals surface area (Å²) in [6.07, 6.45) is -2.24. The highest BCUT2D eigenvalue weighted by Gasteiger charge is 2.36. The quantitative estimate of drug-likeness (QED) is 0.660. The van der Waals surface area contributed by atoms with Crippen LogP contribution in [-0.4, -0.2) is 17.9 Å². The van der Waals surface area contributed by atoms with Gasteiger partial charge in [-0.15, -0.1) is 0 Å². The average Bonchev–Trinajstić information content (AvgIpc) is 2.73. The van der Waals surface area contributed by atoms with Crippen molar-refractivity contribution in [1.29, 1.82) is 0 Å². The van der Waals surface area contributed by atoms with Gasteiger partial charge in [-0.3, -0.25) is 9.59 Å². The van der Waals surface area contributed by atoms with Crippen molar-refractivity contribution < 1.29 is 35.7 Å². The van der Waals surface area contributed by atoms with E-state index in [1.165, 1.54) is 6.92 Å². The van der Waals surface area contributed by atoms with Gasteiger partial charge in [-0.25, -0.2) is 13.2 Å². The van der Waals surface area contributed by atoms with Crippen molar-refractivity contribution in [2.75, 3.05) is 10.2 Å². The van der Waals surface area contributed by atoms with E-state index in [2.05, 4.69) is 5.32 Å². The molecule has 2 amide bonds. The maximum Gasteiger partial charge on any atom is 0.268 e. The molecular formula is C22H22ClF3N2O3. The zero-order chi connectivity index (χ0) is 28.1. The van der Waals surface area contributed by atoms with Gasteiger partial charge in [0.15, 0.2) is 17.7 Å². The molecule has 9 heteroatoms. The Morgan fingerprint density at radius 2 is 1.90 bits per heavy atom. The Morgan fingerprint density at radius 3 is 2.52 bits per heavy atom. The highest BCUT2D eigenvalue weighted by Crippen LogP contribution is 2.44. The van der Waals surface area contributed by atoms with Crippen LogP contribution in [0.2, 0.25) is 5.02 Å². The van der Waals surface area contributed by atoms with E-state index >= 15 is 4.39 Å². The first-order chi connectivity index (χ1) is 16.9. The second-order valence-electron chi connectivity index (χ2n) is 7.41. The third-order valence-corrected chi connectivity index (χ3v) is 4.69. The molecule has 2 aromatic carbocycles. The van der Waals surface area contributed by atoms with Crippen molar-refractivity contribution in [2.24, 2.45) is 5.41 Å². The normalized spacial score (nSPS) is 19.7. The summed E-state index contributed by atoms with van der Waals surface area (Å²) < 4.78 is 93.8. The number of halogens is 4. The van der Waals surface area contributed by atoms with Crippen LogP contribution in [0.4, 0.5) is 24.5 Å². The zero-order valence-electron chi connectivity index (χ0n) is 22.5. The molecular weight excluding hydrogens is 433 g/mol. The Labute approximate surface area is 191 Å². The summed E-state index contributed by atoms with van der Waals surface area (Å²) in [4.78, 5) is 26.4. The molecule has 1 N–H and O–H groups in total. The fraction of sp³-hybridized carbons (Fsp3) is 0.364. The lowest BCUT2D eigenvalue weighted by Gasteiger charge is -2.34. The molecule has 0 radical (unpaired) electrons. The van der Waals surface area contributed by atoms with Crippen LogP contribution in [0.25, 0.3) is 0 Å². The summed E-state index contributed by atoms with van der Waals surface area (Å²) >= 11 is 6.17. The van der Waals surface area contributed by atoms with Crippen molar-refractivity contribution in [3.63, 3.8) is 0 Å². The van der Waals surface area contributed by atoms with Gasteiger partial charge in [0.25, 0.3) is 5.91 Å². The van der Waals surface area contributed by atoms with Crippen molar-refractivity contribution in [3.8, 4) is 5.75 Å².